The number of carbonyl (C=O) groups is 2. The van der Waals surface area contributed by atoms with Crippen LogP contribution in [-0.4, -0.2) is 23.3 Å². The van der Waals surface area contributed by atoms with Gasteiger partial charge in [0.1, 0.15) is 6.04 Å². The molecule has 1 N–H and O–H groups in total. The lowest BCUT2D eigenvalue weighted by Crippen LogP contribution is -2.47. The van der Waals surface area contributed by atoms with Crippen molar-refractivity contribution in [3.63, 3.8) is 0 Å². The van der Waals surface area contributed by atoms with Crippen LogP contribution in [-0.2, 0) is 22.6 Å². The second kappa shape index (κ2) is 7.73. The fourth-order valence-corrected chi connectivity index (χ4v) is 3.59. The lowest BCUT2D eigenvalue weighted by molar-refractivity contribution is -0.141. The highest BCUT2D eigenvalue weighted by atomic mass is 16.2. The molecular weight excluding hydrogens is 324 g/mol. The Bertz CT molecular complexity index is 829. The van der Waals surface area contributed by atoms with Crippen molar-refractivity contribution in [1.82, 2.24) is 10.2 Å². The molecule has 0 fully saturated rings. The highest BCUT2D eigenvalue weighted by Crippen LogP contribution is 2.30. The maximum Gasteiger partial charge on any atom is 0.247 e. The van der Waals surface area contributed by atoms with E-state index in [1.807, 2.05) is 45.0 Å². The zero-order chi connectivity index (χ0) is 18.7. The van der Waals surface area contributed by atoms with Crippen molar-refractivity contribution >= 4 is 11.8 Å². The third-order valence-electron chi connectivity index (χ3n) is 4.99. The largest absolute Gasteiger partial charge is 0.350 e. The van der Waals surface area contributed by atoms with Gasteiger partial charge in [-0.1, -0.05) is 55.0 Å². The third kappa shape index (κ3) is 3.64. The van der Waals surface area contributed by atoms with Gasteiger partial charge in [0.2, 0.25) is 11.8 Å². The van der Waals surface area contributed by atoms with Crippen molar-refractivity contribution in [3.8, 4) is 0 Å². The van der Waals surface area contributed by atoms with Gasteiger partial charge in [0, 0.05) is 13.1 Å². The van der Waals surface area contributed by atoms with Gasteiger partial charge in [0.05, 0.1) is 6.42 Å². The molecular formula is C22H26N2O2. The van der Waals surface area contributed by atoms with Gasteiger partial charge in [0.15, 0.2) is 0 Å². The summed E-state index contributed by atoms with van der Waals surface area (Å²) in [5.41, 5.74) is 5.33. The Labute approximate surface area is 155 Å². The maximum absolute atomic E-state index is 13.1. The maximum atomic E-state index is 13.1. The van der Waals surface area contributed by atoms with Crippen LogP contribution >= 0.6 is 0 Å². The molecule has 1 aliphatic rings. The molecule has 0 aromatic heterocycles. The van der Waals surface area contributed by atoms with Gasteiger partial charge in [-0.25, -0.2) is 0 Å². The van der Waals surface area contributed by atoms with Crippen molar-refractivity contribution in [2.45, 2.75) is 46.2 Å². The molecule has 0 saturated carbocycles. The minimum Gasteiger partial charge on any atom is -0.350 e. The molecule has 2 amide bonds. The Balaban J connectivity index is 1.85. The van der Waals surface area contributed by atoms with E-state index in [0.29, 0.717) is 19.5 Å². The fraction of sp³-hybridized carbons (Fsp3) is 0.364. The van der Waals surface area contributed by atoms with Gasteiger partial charge < -0.3 is 10.2 Å². The summed E-state index contributed by atoms with van der Waals surface area (Å²) in [6, 6.07) is 13.5. The van der Waals surface area contributed by atoms with E-state index >= 15 is 0 Å². The lowest BCUT2D eigenvalue weighted by Gasteiger charge is -2.36. The summed E-state index contributed by atoms with van der Waals surface area (Å²) in [7, 11) is 0. The normalized spacial score (nSPS) is 16.3. The highest BCUT2D eigenvalue weighted by molar-refractivity contribution is 5.92. The van der Waals surface area contributed by atoms with E-state index in [0.717, 1.165) is 28.7 Å². The number of fused-ring (bicyclic) bond motifs is 1. The van der Waals surface area contributed by atoms with Gasteiger partial charge in [0.25, 0.3) is 0 Å². The van der Waals surface area contributed by atoms with Crippen LogP contribution < -0.4 is 5.32 Å². The first kappa shape index (κ1) is 18.2. The van der Waals surface area contributed by atoms with Gasteiger partial charge in [-0.15, -0.1) is 0 Å². The molecule has 26 heavy (non-hydrogen) atoms. The molecule has 2 aromatic carbocycles. The SMILES string of the molecule is CCCN1C(=O)Cc2ccccc2[C@H]1C(=O)NCc1cc(C)ccc1C. The van der Waals surface area contributed by atoms with Crippen LogP contribution in [0.25, 0.3) is 0 Å². The monoisotopic (exact) mass is 350 g/mol. The highest BCUT2D eigenvalue weighted by Gasteiger charge is 2.36. The van der Waals surface area contributed by atoms with Gasteiger partial charge >= 0.3 is 0 Å². The number of aryl methyl sites for hydroxylation is 2. The molecule has 0 aliphatic carbocycles. The number of rotatable bonds is 5. The smallest absolute Gasteiger partial charge is 0.247 e. The number of carbonyl (C=O) groups excluding carboxylic acids is 2. The molecule has 0 bridgehead atoms. The molecule has 1 aliphatic heterocycles. The Kier molecular flexibility index (Phi) is 5.40. The van der Waals surface area contributed by atoms with Crippen molar-refractivity contribution < 1.29 is 9.59 Å². The number of nitrogens with one attached hydrogen (secondary N) is 1. The third-order valence-corrected chi connectivity index (χ3v) is 4.99. The number of nitrogens with zero attached hydrogens (tertiary/aromatic N) is 1. The van der Waals surface area contributed by atoms with Crippen LogP contribution in [0.2, 0.25) is 0 Å². The Morgan fingerprint density at radius 2 is 1.96 bits per heavy atom. The first-order chi connectivity index (χ1) is 12.5. The molecule has 0 radical (unpaired) electrons. The summed E-state index contributed by atoms with van der Waals surface area (Å²) in [6.07, 6.45) is 1.20. The number of hydrogen-bond acceptors (Lipinski definition) is 2. The summed E-state index contributed by atoms with van der Waals surface area (Å²) in [5, 5.41) is 3.05. The van der Waals surface area contributed by atoms with E-state index in [4.69, 9.17) is 0 Å². The Hall–Kier alpha value is -2.62. The molecule has 1 atom stereocenters. The number of amides is 2. The number of hydrogen-bond donors (Lipinski definition) is 1. The minimum absolute atomic E-state index is 0.0254. The van der Waals surface area contributed by atoms with Crippen LogP contribution in [0.3, 0.4) is 0 Å². The van der Waals surface area contributed by atoms with Crippen molar-refractivity contribution in [1.29, 1.82) is 0 Å². The molecule has 4 heteroatoms. The summed E-state index contributed by atoms with van der Waals surface area (Å²) < 4.78 is 0. The van der Waals surface area contributed by atoms with Crippen molar-refractivity contribution in [2.75, 3.05) is 6.54 Å². The first-order valence-electron chi connectivity index (χ1n) is 9.22. The number of benzene rings is 2. The van der Waals surface area contributed by atoms with E-state index in [-0.39, 0.29) is 11.8 Å². The van der Waals surface area contributed by atoms with Crippen molar-refractivity contribution in [3.05, 3.63) is 70.3 Å². The Morgan fingerprint density at radius 1 is 1.19 bits per heavy atom. The summed E-state index contributed by atoms with van der Waals surface area (Å²) in [6.45, 7) is 7.18. The van der Waals surface area contributed by atoms with Crippen molar-refractivity contribution in [2.24, 2.45) is 0 Å². The van der Waals surface area contributed by atoms with E-state index < -0.39 is 6.04 Å². The average molecular weight is 350 g/mol. The molecule has 4 nitrogen and oxygen atoms in total. The second-order valence-electron chi connectivity index (χ2n) is 7.01. The molecule has 0 spiro atoms. The lowest BCUT2D eigenvalue weighted by atomic mass is 9.91. The quantitative estimate of drug-likeness (QED) is 0.898. The topological polar surface area (TPSA) is 49.4 Å². The van der Waals surface area contributed by atoms with Gasteiger partial charge in [-0.2, -0.15) is 0 Å². The van der Waals surface area contributed by atoms with E-state index in [2.05, 4.69) is 23.5 Å². The molecule has 2 aromatic rings. The van der Waals surface area contributed by atoms with Gasteiger partial charge in [-0.3, -0.25) is 9.59 Å². The zero-order valence-electron chi connectivity index (χ0n) is 15.7. The van der Waals surface area contributed by atoms with E-state index in [1.165, 1.54) is 5.56 Å². The van der Waals surface area contributed by atoms with E-state index in [9.17, 15) is 9.59 Å². The first-order valence-corrected chi connectivity index (χ1v) is 9.22. The van der Waals surface area contributed by atoms with Crippen LogP contribution in [0.15, 0.2) is 42.5 Å². The van der Waals surface area contributed by atoms with Crippen LogP contribution in [0.5, 0.6) is 0 Å². The molecule has 0 saturated heterocycles. The van der Waals surface area contributed by atoms with Crippen LogP contribution in [0, 0.1) is 13.8 Å². The summed E-state index contributed by atoms with van der Waals surface area (Å²) >= 11 is 0. The van der Waals surface area contributed by atoms with E-state index in [1.54, 1.807) is 4.90 Å². The van der Waals surface area contributed by atoms with Crippen LogP contribution in [0.1, 0.15) is 47.2 Å². The predicted octanol–water partition coefficient (Wildman–Crippen LogP) is 3.46. The van der Waals surface area contributed by atoms with Crippen LogP contribution in [0.4, 0.5) is 0 Å². The zero-order valence-corrected chi connectivity index (χ0v) is 15.7. The second-order valence-corrected chi connectivity index (χ2v) is 7.01. The predicted molar refractivity (Wildman–Crippen MR) is 103 cm³/mol. The summed E-state index contributed by atoms with van der Waals surface area (Å²) in [5.74, 6) is -0.0858. The minimum atomic E-state index is -0.544. The Morgan fingerprint density at radius 3 is 2.73 bits per heavy atom. The molecule has 3 rings (SSSR count). The molecule has 1 heterocycles. The van der Waals surface area contributed by atoms with Gasteiger partial charge in [-0.05, 0) is 42.5 Å². The molecule has 0 unspecified atom stereocenters. The molecule has 136 valence electrons. The summed E-state index contributed by atoms with van der Waals surface area (Å²) in [4.78, 5) is 27.4. The standard InChI is InChI=1S/C22H26N2O2/c1-4-11-24-20(25)13-17-7-5-6-8-19(17)21(24)22(26)23-14-18-12-15(2)9-10-16(18)3/h5-10,12,21H,4,11,13-14H2,1-3H3,(H,23,26)/t21-/m0/s1. The average Bonchev–Trinajstić information content (AvgIpc) is 2.63. The fourth-order valence-electron chi connectivity index (χ4n) is 3.59.